The number of hydrogen-bond donors (Lipinski definition) is 2. The first kappa shape index (κ1) is 22.0. The fourth-order valence-corrected chi connectivity index (χ4v) is 3.97. The molecule has 2 N–H and O–H groups in total. The highest BCUT2D eigenvalue weighted by Crippen LogP contribution is 2.43. The first-order chi connectivity index (χ1) is 15.9. The van der Waals surface area contributed by atoms with Crippen molar-refractivity contribution in [3.05, 3.63) is 118 Å². The smallest absolute Gasteiger partial charge is 0.335 e. The summed E-state index contributed by atoms with van der Waals surface area (Å²) in [6.07, 6.45) is 2.87. The molecule has 33 heavy (non-hydrogen) atoms. The second-order valence-corrected chi connectivity index (χ2v) is 7.73. The average molecular weight is 460 g/mol. The van der Waals surface area contributed by atoms with Crippen molar-refractivity contribution >= 4 is 41.0 Å². The first-order valence-electron chi connectivity index (χ1n) is 10.0. The summed E-state index contributed by atoms with van der Waals surface area (Å²) >= 11 is 6.41. The van der Waals surface area contributed by atoms with Crippen LogP contribution in [-0.4, -0.2) is 27.9 Å². The minimum atomic E-state index is -1.17. The summed E-state index contributed by atoms with van der Waals surface area (Å²) in [7, 11) is 0. The highest BCUT2D eigenvalue weighted by Gasteiger charge is 2.44. The van der Waals surface area contributed by atoms with E-state index < -0.39 is 29.5 Å². The largest absolute Gasteiger partial charge is 0.503 e. The Morgan fingerprint density at radius 2 is 1.64 bits per heavy atom. The van der Waals surface area contributed by atoms with Gasteiger partial charge in [0.2, 0.25) is 0 Å². The maximum Gasteiger partial charge on any atom is 0.335 e. The molecule has 1 heterocycles. The first-order valence-corrected chi connectivity index (χ1v) is 10.4. The van der Waals surface area contributed by atoms with Gasteiger partial charge in [-0.2, -0.15) is 0 Å². The molecule has 0 fully saturated rings. The Labute approximate surface area is 194 Å². The summed E-state index contributed by atoms with van der Waals surface area (Å²) in [5.74, 6) is -3.26. The third-order valence-electron chi connectivity index (χ3n) is 5.27. The molecule has 0 saturated carbocycles. The fourth-order valence-electron chi connectivity index (χ4n) is 3.73. The predicted octanol–water partition coefficient (Wildman–Crippen LogP) is 5.22. The Morgan fingerprint density at radius 1 is 0.939 bits per heavy atom. The van der Waals surface area contributed by atoms with E-state index in [1.165, 1.54) is 35.2 Å². The summed E-state index contributed by atoms with van der Waals surface area (Å²) in [5.41, 5.74) is 1.23. The quantitative estimate of drug-likeness (QED) is 0.493. The van der Waals surface area contributed by atoms with Crippen molar-refractivity contribution in [3.8, 4) is 0 Å². The maximum absolute atomic E-state index is 13.2. The van der Waals surface area contributed by atoms with E-state index in [4.69, 9.17) is 11.6 Å². The predicted molar refractivity (Wildman–Crippen MR) is 125 cm³/mol. The fraction of sp³-hybridized carbons (Fsp3) is 0.0385. The number of ketones is 1. The number of allylic oxidation sites excluding steroid dienone is 1. The van der Waals surface area contributed by atoms with E-state index in [0.29, 0.717) is 10.6 Å². The number of rotatable bonds is 6. The second kappa shape index (κ2) is 9.14. The molecule has 3 aromatic rings. The molecule has 0 saturated heterocycles. The molecule has 7 heteroatoms. The lowest BCUT2D eigenvalue weighted by Gasteiger charge is -2.27. The van der Waals surface area contributed by atoms with Crippen molar-refractivity contribution < 1.29 is 24.6 Å². The van der Waals surface area contributed by atoms with Gasteiger partial charge in [0.1, 0.15) is 0 Å². The monoisotopic (exact) mass is 459 g/mol. The van der Waals surface area contributed by atoms with Crippen LogP contribution in [0.5, 0.6) is 0 Å². The number of aromatic carboxylic acids is 1. The van der Waals surface area contributed by atoms with E-state index in [0.717, 1.165) is 5.56 Å². The Morgan fingerprint density at radius 3 is 2.33 bits per heavy atom. The Kier molecular flexibility index (Phi) is 6.11. The van der Waals surface area contributed by atoms with Gasteiger partial charge in [-0.3, -0.25) is 14.5 Å². The van der Waals surface area contributed by atoms with Gasteiger partial charge in [0, 0.05) is 10.7 Å². The van der Waals surface area contributed by atoms with Gasteiger partial charge in [0.15, 0.2) is 11.5 Å². The SMILES string of the molecule is O=C(/C=C\c1ccccc1)C1=C(O)C(=O)N(c2cccc(C(=O)O)c2)[C@H]1c1ccccc1Cl. The molecule has 0 aliphatic carbocycles. The van der Waals surface area contributed by atoms with Crippen molar-refractivity contribution in [1.82, 2.24) is 0 Å². The van der Waals surface area contributed by atoms with Gasteiger partial charge in [-0.25, -0.2) is 4.79 Å². The molecule has 1 atom stereocenters. The summed E-state index contributed by atoms with van der Waals surface area (Å²) < 4.78 is 0. The molecule has 0 unspecified atom stereocenters. The summed E-state index contributed by atoms with van der Waals surface area (Å²) in [6, 6.07) is 20.5. The van der Waals surface area contributed by atoms with Crippen molar-refractivity contribution in [1.29, 1.82) is 0 Å². The van der Waals surface area contributed by atoms with Gasteiger partial charge in [-0.05, 0) is 41.5 Å². The number of halogens is 1. The van der Waals surface area contributed by atoms with Crippen LogP contribution in [0, 0.1) is 0 Å². The van der Waals surface area contributed by atoms with Crippen LogP contribution in [0.3, 0.4) is 0 Å². The Balaban J connectivity index is 1.83. The zero-order valence-electron chi connectivity index (χ0n) is 17.2. The third-order valence-corrected chi connectivity index (χ3v) is 5.62. The van der Waals surface area contributed by atoms with Gasteiger partial charge in [-0.15, -0.1) is 0 Å². The molecule has 164 valence electrons. The standard InChI is InChI=1S/C26H18ClNO5/c27-20-12-5-4-11-19(20)23-22(21(29)14-13-16-7-2-1-3-8-16)24(30)25(31)28(23)18-10-6-9-17(15-18)26(32)33/h1-15,23,30H,(H,32,33)/b14-13-/t23-/m0/s1. The van der Waals surface area contributed by atoms with E-state index >= 15 is 0 Å². The van der Waals surface area contributed by atoms with Gasteiger partial charge in [0.25, 0.3) is 5.91 Å². The van der Waals surface area contributed by atoms with E-state index in [1.807, 2.05) is 30.3 Å². The van der Waals surface area contributed by atoms with E-state index in [-0.39, 0.29) is 16.8 Å². The number of aliphatic hydroxyl groups is 1. The highest BCUT2D eigenvalue weighted by molar-refractivity contribution is 6.32. The molecule has 0 aromatic heterocycles. The van der Waals surface area contributed by atoms with Crippen LogP contribution >= 0.6 is 11.6 Å². The third kappa shape index (κ3) is 4.29. The number of carbonyl (C=O) groups is 3. The number of hydrogen-bond acceptors (Lipinski definition) is 4. The average Bonchev–Trinajstić information content (AvgIpc) is 3.09. The Hall–Kier alpha value is -4.16. The number of carboxylic acids is 1. The van der Waals surface area contributed by atoms with Crippen LogP contribution in [0.2, 0.25) is 5.02 Å². The van der Waals surface area contributed by atoms with Crippen molar-refractivity contribution in [2.45, 2.75) is 6.04 Å². The number of carboxylic acid groups (broad SMARTS) is 1. The summed E-state index contributed by atoms with van der Waals surface area (Å²) in [5, 5.41) is 20.4. The molecule has 0 radical (unpaired) electrons. The molecule has 1 amide bonds. The minimum absolute atomic E-state index is 0.0403. The zero-order chi connectivity index (χ0) is 23.5. The zero-order valence-corrected chi connectivity index (χ0v) is 17.9. The normalized spacial score (nSPS) is 16.0. The molecule has 1 aliphatic rings. The van der Waals surface area contributed by atoms with E-state index in [1.54, 1.807) is 30.3 Å². The second-order valence-electron chi connectivity index (χ2n) is 7.33. The van der Waals surface area contributed by atoms with Crippen LogP contribution in [0.15, 0.2) is 96.3 Å². The number of aliphatic hydroxyl groups excluding tert-OH is 1. The summed E-state index contributed by atoms with van der Waals surface area (Å²) in [4.78, 5) is 39.0. The lowest BCUT2D eigenvalue weighted by molar-refractivity contribution is -0.117. The van der Waals surface area contributed by atoms with Crippen LogP contribution in [0.4, 0.5) is 5.69 Å². The van der Waals surface area contributed by atoms with Crippen molar-refractivity contribution in [2.75, 3.05) is 4.90 Å². The van der Waals surface area contributed by atoms with Crippen LogP contribution in [-0.2, 0) is 9.59 Å². The number of nitrogens with zero attached hydrogens (tertiary/aromatic N) is 1. The van der Waals surface area contributed by atoms with Gasteiger partial charge in [-0.1, -0.05) is 72.3 Å². The van der Waals surface area contributed by atoms with E-state index in [9.17, 15) is 24.6 Å². The molecule has 3 aromatic carbocycles. The topological polar surface area (TPSA) is 94.9 Å². The molecule has 0 bridgehead atoms. The van der Waals surface area contributed by atoms with Crippen LogP contribution < -0.4 is 4.90 Å². The van der Waals surface area contributed by atoms with Crippen LogP contribution in [0.1, 0.15) is 27.5 Å². The highest BCUT2D eigenvalue weighted by atomic mass is 35.5. The molecule has 1 aliphatic heterocycles. The minimum Gasteiger partial charge on any atom is -0.503 e. The lowest BCUT2D eigenvalue weighted by atomic mass is 9.95. The van der Waals surface area contributed by atoms with E-state index in [2.05, 4.69) is 0 Å². The number of amides is 1. The Bertz CT molecular complexity index is 1310. The number of anilines is 1. The number of carbonyl (C=O) groups excluding carboxylic acids is 2. The molecular weight excluding hydrogens is 442 g/mol. The maximum atomic E-state index is 13.2. The van der Waals surface area contributed by atoms with Crippen molar-refractivity contribution in [3.63, 3.8) is 0 Å². The number of benzene rings is 3. The lowest BCUT2D eigenvalue weighted by Crippen LogP contribution is -2.31. The molecule has 4 rings (SSSR count). The molecular formula is C26H18ClNO5. The summed E-state index contributed by atoms with van der Waals surface area (Å²) in [6.45, 7) is 0. The van der Waals surface area contributed by atoms with Gasteiger partial charge >= 0.3 is 5.97 Å². The molecule has 0 spiro atoms. The van der Waals surface area contributed by atoms with Crippen molar-refractivity contribution in [2.24, 2.45) is 0 Å². The van der Waals surface area contributed by atoms with Gasteiger partial charge < -0.3 is 10.2 Å². The van der Waals surface area contributed by atoms with Crippen LogP contribution in [0.25, 0.3) is 6.08 Å². The van der Waals surface area contributed by atoms with Gasteiger partial charge in [0.05, 0.1) is 17.2 Å². The molecule has 6 nitrogen and oxygen atoms in total.